The fourth-order valence-corrected chi connectivity index (χ4v) is 1.67. The van der Waals surface area contributed by atoms with Crippen molar-refractivity contribution in [2.75, 3.05) is 7.11 Å². The minimum absolute atomic E-state index is 0.0724. The molecule has 0 unspecified atom stereocenters. The first-order valence-electron chi connectivity index (χ1n) is 5.22. The quantitative estimate of drug-likeness (QED) is 0.881. The van der Waals surface area contributed by atoms with Crippen LogP contribution in [0.2, 0.25) is 0 Å². The molecule has 0 saturated carbocycles. The van der Waals surface area contributed by atoms with Gasteiger partial charge < -0.3 is 9.84 Å². The number of ether oxygens (including phenoxy) is 1. The molecule has 2 rings (SSSR count). The van der Waals surface area contributed by atoms with Crippen molar-refractivity contribution in [1.29, 1.82) is 5.26 Å². The second-order valence-electron chi connectivity index (χ2n) is 3.69. The summed E-state index contributed by atoms with van der Waals surface area (Å²) in [5, 5.41) is 18.5. The SMILES string of the molecule is COc1ccc(-c2cc(C#N)ccc2F)cc1O. The van der Waals surface area contributed by atoms with Crippen LogP contribution in [0.25, 0.3) is 11.1 Å². The van der Waals surface area contributed by atoms with Crippen LogP contribution in [0.3, 0.4) is 0 Å². The van der Waals surface area contributed by atoms with Gasteiger partial charge in [0.15, 0.2) is 11.5 Å². The summed E-state index contributed by atoms with van der Waals surface area (Å²) in [6.07, 6.45) is 0. The Morgan fingerprint density at radius 2 is 2.00 bits per heavy atom. The van der Waals surface area contributed by atoms with Crippen molar-refractivity contribution in [3.8, 4) is 28.7 Å². The van der Waals surface area contributed by atoms with Gasteiger partial charge in [0.2, 0.25) is 0 Å². The number of hydrogen-bond acceptors (Lipinski definition) is 3. The molecule has 0 aliphatic heterocycles. The molecule has 0 saturated heterocycles. The summed E-state index contributed by atoms with van der Waals surface area (Å²) < 4.78 is 18.6. The molecule has 0 spiro atoms. The highest BCUT2D eigenvalue weighted by Crippen LogP contribution is 2.32. The maximum atomic E-state index is 13.7. The van der Waals surface area contributed by atoms with Crippen LogP contribution in [-0.2, 0) is 0 Å². The maximum Gasteiger partial charge on any atom is 0.160 e. The van der Waals surface area contributed by atoms with Crippen molar-refractivity contribution in [2.24, 2.45) is 0 Å². The smallest absolute Gasteiger partial charge is 0.160 e. The van der Waals surface area contributed by atoms with Crippen LogP contribution in [0.5, 0.6) is 11.5 Å². The van der Waals surface area contributed by atoms with E-state index in [2.05, 4.69) is 0 Å². The summed E-state index contributed by atoms with van der Waals surface area (Å²) in [6.45, 7) is 0. The molecule has 0 aromatic heterocycles. The van der Waals surface area contributed by atoms with Gasteiger partial charge >= 0.3 is 0 Å². The molecule has 3 nitrogen and oxygen atoms in total. The average molecular weight is 243 g/mol. The number of aromatic hydroxyl groups is 1. The van der Waals surface area contributed by atoms with Crippen molar-refractivity contribution in [2.45, 2.75) is 0 Å². The molecular formula is C14H10FNO2. The number of nitrogens with zero attached hydrogens (tertiary/aromatic N) is 1. The van der Waals surface area contributed by atoms with Gasteiger partial charge in [0, 0.05) is 5.56 Å². The lowest BCUT2D eigenvalue weighted by Crippen LogP contribution is -1.88. The first-order chi connectivity index (χ1) is 8.65. The predicted molar refractivity (Wildman–Crippen MR) is 64.8 cm³/mol. The molecule has 18 heavy (non-hydrogen) atoms. The van der Waals surface area contributed by atoms with Gasteiger partial charge in [-0.25, -0.2) is 4.39 Å². The molecule has 0 heterocycles. The zero-order valence-electron chi connectivity index (χ0n) is 9.64. The first kappa shape index (κ1) is 11.9. The van der Waals surface area contributed by atoms with E-state index in [9.17, 15) is 9.50 Å². The van der Waals surface area contributed by atoms with Gasteiger partial charge in [0.25, 0.3) is 0 Å². The molecule has 0 aliphatic carbocycles. The fraction of sp³-hybridized carbons (Fsp3) is 0.0714. The van der Waals surface area contributed by atoms with Crippen LogP contribution < -0.4 is 4.74 Å². The minimum Gasteiger partial charge on any atom is -0.504 e. The molecule has 0 radical (unpaired) electrons. The van der Waals surface area contributed by atoms with Crippen molar-refractivity contribution in [1.82, 2.24) is 0 Å². The number of rotatable bonds is 2. The zero-order valence-corrected chi connectivity index (χ0v) is 9.64. The first-order valence-corrected chi connectivity index (χ1v) is 5.22. The maximum absolute atomic E-state index is 13.7. The van der Waals surface area contributed by atoms with E-state index in [1.54, 1.807) is 12.1 Å². The van der Waals surface area contributed by atoms with Gasteiger partial charge in [-0.1, -0.05) is 6.07 Å². The highest BCUT2D eigenvalue weighted by atomic mass is 19.1. The van der Waals surface area contributed by atoms with Gasteiger partial charge in [0.1, 0.15) is 5.82 Å². The number of phenols is 1. The number of nitriles is 1. The minimum atomic E-state index is -0.446. The van der Waals surface area contributed by atoms with Crippen molar-refractivity contribution in [3.05, 3.63) is 47.8 Å². The topological polar surface area (TPSA) is 53.2 Å². The number of phenolic OH excluding ortho intramolecular Hbond substituents is 1. The summed E-state index contributed by atoms with van der Waals surface area (Å²) >= 11 is 0. The second-order valence-corrected chi connectivity index (χ2v) is 3.69. The molecule has 0 fully saturated rings. The third-order valence-corrected chi connectivity index (χ3v) is 2.59. The molecule has 0 bridgehead atoms. The van der Waals surface area contributed by atoms with E-state index in [-0.39, 0.29) is 11.3 Å². The van der Waals surface area contributed by atoms with Gasteiger partial charge in [-0.2, -0.15) is 5.26 Å². The van der Waals surface area contributed by atoms with E-state index < -0.39 is 5.82 Å². The van der Waals surface area contributed by atoms with E-state index in [0.29, 0.717) is 16.9 Å². The van der Waals surface area contributed by atoms with Crippen LogP contribution in [0, 0.1) is 17.1 Å². The summed E-state index contributed by atoms with van der Waals surface area (Å²) in [5.41, 5.74) is 1.12. The third kappa shape index (κ3) is 2.11. The predicted octanol–water partition coefficient (Wildman–Crippen LogP) is 3.08. The lowest BCUT2D eigenvalue weighted by atomic mass is 10.0. The van der Waals surface area contributed by atoms with Crippen LogP contribution in [0.1, 0.15) is 5.56 Å². The Morgan fingerprint density at radius 3 is 2.61 bits per heavy atom. The van der Waals surface area contributed by atoms with Crippen LogP contribution in [0.15, 0.2) is 36.4 Å². The second kappa shape index (κ2) is 4.76. The molecule has 1 N–H and O–H groups in total. The summed E-state index contributed by atoms with van der Waals surface area (Å²) in [5.74, 6) is -0.203. The number of hydrogen-bond donors (Lipinski definition) is 1. The summed E-state index contributed by atoms with van der Waals surface area (Å²) in [7, 11) is 1.44. The Balaban J connectivity index is 2.55. The largest absolute Gasteiger partial charge is 0.504 e. The fourth-order valence-electron chi connectivity index (χ4n) is 1.67. The van der Waals surface area contributed by atoms with Crippen LogP contribution >= 0.6 is 0 Å². The molecule has 90 valence electrons. The van der Waals surface area contributed by atoms with Gasteiger partial charge in [-0.05, 0) is 35.9 Å². The van der Waals surface area contributed by atoms with Crippen LogP contribution in [0.4, 0.5) is 4.39 Å². The van der Waals surface area contributed by atoms with Crippen molar-refractivity contribution in [3.63, 3.8) is 0 Å². The van der Waals surface area contributed by atoms with E-state index in [4.69, 9.17) is 10.00 Å². The number of halogens is 1. The molecule has 0 amide bonds. The summed E-state index contributed by atoms with van der Waals surface area (Å²) in [4.78, 5) is 0. The van der Waals surface area contributed by atoms with Crippen molar-refractivity contribution >= 4 is 0 Å². The molecular weight excluding hydrogens is 233 g/mol. The normalized spacial score (nSPS) is 9.83. The standard InChI is InChI=1S/C14H10FNO2/c1-18-14-5-3-10(7-13(14)17)11-6-9(8-16)2-4-12(11)15/h2-7,17H,1H3. The lowest BCUT2D eigenvalue weighted by Gasteiger charge is -2.07. The van der Waals surface area contributed by atoms with Gasteiger partial charge in [0.05, 0.1) is 18.7 Å². The molecule has 4 heteroatoms. The Hall–Kier alpha value is -2.54. The Morgan fingerprint density at radius 1 is 1.22 bits per heavy atom. The Bertz CT molecular complexity index is 632. The molecule has 0 aliphatic rings. The Kier molecular flexibility index (Phi) is 3.16. The monoisotopic (exact) mass is 243 g/mol. The summed E-state index contributed by atoms with van der Waals surface area (Å²) in [6, 6.07) is 10.6. The number of methoxy groups -OCH3 is 1. The third-order valence-electron chi connectivity index (χ3n) is 2.59. The van der Waals surface area contributed by atoms with Crippen molar-refractivity contribution < 1.29 is 14.2 Å². The number of benzene rings is 2. The van der Waals surface area contributed by atoms with Crippen LogP contribution in [-0.4, -0.2) is 12.2 Å². The Labute approximate surface area is 104 Å². The van der Waals surface area contributed by atoms with E-state index in [0.717, 1.165) is 0 Å². The highest BCUT2D eigenvalue weighted by Gasteiger charge is 2.09. The molecule has 2 aromatic carbocycles. The zero-order chi connectivity index (χ0) is 13.1. The highest BCUT2D eigenvalue weighted by molar-refractivity contribution is 5.69. The van der Waals surface area contributed by atoms with Gasteiger partial charge in [-0.3, -0.25) is 0 Å². The lowest BCUT2D eigenvalue weighted by molar-refractivity contribution is 0.373. The van der Waals surface area contributed by atoms with E-state index in [1.807, 2.05) is 6.07 Å². The molecule has 0 atom stereocenters. The average Bonchev–Trinajstić information content (AvgIpc) is 2.39. The van der Waals surface area contributed by atoms with E-state index in [1.165, 1.54) is 31.4 Å². The van der Waals surface area contributed by atoms with E-state index >= 15 is 0 Å². The molecule has 2 aromatic rings. The van der Waals surface area contributed by atoms with Gasteiger partial charge in [-0.15, -0.1) is 0 Å².